The van der Waals surface area contributed by atoms with Crippen LogP contribution in [0.3, 0.4) is 0 Å². The second-order valence-corrected chi connectivity index (χ2v) is 7.91. The molecule has 0 unspecified atom stereocenters. The van der Waals surface area contributed by atoms with E-state index in [0.29, 0.717) is 12.0 Å². The quantitative estimate of drug-likeness (QED) is 0.430. The minimum Gasteiger partial charge on any atom is -0.463 e. The highest BCUT2D eigenvalue weighted by atomic mass is 16.7. The Labute approximate surface area is 157 Å². The average molecular weight is 382 g/mol. The first-order chi connectivity index (χ1) is 12.5. The van der Waals surface area contributed by atoms with Gasteiger partial charge in [0.25, 0.3) is 0 Å². The van der Waals surface area contributed by atoms with Crippen molar-refractivity contribution < 1.29 is 38.4 Å². The minimum atomic E-state index is -1.80. The zero-order valence-corrected chi connectivity index (χ0v) is 16.2. The van der Waals surface area contributed by atoms with E-state index in [1.54, 1.807) is 6.92 Å². The van der Waals surface area contributed by atoms with Crippen LogP contribution in [-0.2, 0) is 33.3 Å². The van der Waals surface area contributed by atoms with E-state index in [1.165, 1.54) is 20.8 Å². The van der Waals surface area contributed by atoms with Crippen LogP contribution in [0.2, 0.25) is 0 Å². The molecule has 2 heterocycles. The summed E-state index contributed by atoms with van der Waals surface area (Å²) in [5.41, 5.74) is -0.450. The van der Waals surface area contributed by atoms with Crippen molar-refractivity contribution in [3.8, 4) is 0 Å². The van der Waals surface area contributed by atoms with Crippen molar-refractivity contribution in [3.05, 3.63) is 11.6 Å². The first-order valence-corrected chi connectivity index (χ1v) is 9.09. The van der Waals surface area contributed by atoms with Gasteiger partial charge in [-0.15, -0.1) is 0 Å². The number of carbonyl (C=O) groups excluding carboxylic acids is 3. The summed E-state index contributed by atoms with van der Waals surface area (Å²) in [6.07, 6.45) is -0.700. The van der Waals surface area contributed by atoms with E-state index in [0.717, 1.165) is 0 Å². The number of esters is 3. The lowest BCUT2D eigenvalue weighted by Gasteiger charge is -2.52. The smallest absolute Gasteiger partial charge is 0.335 e. The molecule has 8 nitrogen and oxygen atoms in total. The fourth-order valence-corrected chi connectivity index (χ4v) is 4.94. The van der Waals surface area contributed by atoms with Crippen LogP contribution in [0.15, 0.2) is 11.6 Å². The Morgan fingerprint density at radius 3 is 2.48 bits per heavy atom. The van der Waals surface area contributed by atoms with Gasteiger partial charge < -0.3 is 24.1 Å². The molecule has 27 heavy (non-hydrogen) atoms. The summed E-state index contributed by atoms with van der Waals surface area (Å²) in [6.45, 7) is 7.83. The number of fused-ring (bicyclic) bond motifs is 2. The third kappa shape index (κ3) is 2.95. The number of hydrogen-bond acceptors (Lipinski definition) is 8. The van der Waals surface area contributed by atoms with Crippen molar-refractivity contribution >= 4 is 17.9 Å². The van der Waals surface area contributed by atoms with Crippen LogP contribution in [0.1, 0.15) is 41.0 Å². The second-order valence-electron chi connectivity index (χ2n) is 7.91. The molecule has 7 atom stereocenters. The molecular weight excluding hydrogens is 356 g/mol. The Bertz CT molecular complexity index is 696. The molecule has 3 aliphatic rings. The number of hydrogen-bond donors (Lipinski definition) is 1. The largest absolute Gasteiger partial charge is 0.463 e. The normalized spacial score (nSPS) is 43.6. The predicted octanol–water partition coefficient (Wildman–Crippen LogP) is 1.10. The highest BCUT2D eigenvalue weighted by Crippen LogP contribution is 2.61. The number of rotatable bonds is 2. The molecule has 3 rings (SSSR count). The van der Waals surface area contributed by atoms with Crippen LogP contribution in [-0.4, -0.2) is 53.7 Å². The summed E-state index contributed by atoms with van der Waals surface area (Å²) in [5, 5.41) is 11.3. The molecule has 2 saturated heterocycles. The Morgan fingerprint density at radius 1 is 1.26 bits per heavy atom. The topological polar surface area (TPSA) is 108 Å². The number of ether oxygens (including phenoxy) is 4. The maximum atomic E-state index is 12.3. The van der Waals surface area contributed by atoms with Crippen LogP contribution < -0.4 is 0 Å². The van der Waals surface area contributed by atoms with E-state index in [4.69, 9.17) is 18.9 Å². The van der Waals surface area contributed by atoms with Gasteiger partial charge in [0, 0.05) is 19.8 Å². The molecule has 8 heteroatoms. The Hall–Kier alpha value is -1.93. The van der Waals surface area contributed by atoms with Crippen molar-refractivity contribution in [2.45, 2.75) is 65.1 Å². The van der Waals surface area contributed by atoms with Crippen LogP contribution in [0.4, 0.5) is 0 Å². The van der Waals surface area contributed by atoms with Crippen molar-refractivity contribution in [2.24, 2.45) is 17.3 Å². The lowest BCUT2D eigenvalue weighted by Crippen LogP contribution is -2.63. The van der Waals surface area contributed by atoms with E-state index in [9.17, 15) is 19.5 Å². The SMILES string of the molecule is CC(=O)O[C@@H]1[C@@H](OC(C)=O)C(C)=CC[C@]12[C@H]1[C@H](C)COC(=O)[C@H]1O[C@@]2(C)O. The molecule has 2 fully saturated rings. The van der Waals surface area contributed by atoms with E-state index in [1.807, 2.05) is 13.0 Å². The second kappa shape index (κ2) is 6.60. The lowest BCUT2D eigenvalue weighted by molar-refractivity contribution is -0.264. The van der Waals surface area contributed by atoms with E-state index in [2.05, 4.69) is 0 Å². The fraction of sp³-hybridized carbons (Fsp3) is 0.737. The van der Waals surface area contributed by atoms with Gasteiger partial charge in [0.1, 0.15) is 0 Å². The van der Waals surface area contributed by atoms with Crippen LogP contribution >= 0.6 is 0 Å². The summed E-state index contributed by atoms with van der Waals surface area (Å²) in [6, 6.07) is 0. The van der Waals surface area contributed by atoms with Crippen molar-refractivity contribution in [1.82, 2.24) is 0 Å². The van der Waals surface area contributed by atoms with Crippen molar-refractivity contribution in [2.75, 3.05) is 6.61 Å². The number of carbonyl (C=O) groups is 3. The highest BCUT2D eigenvalue weighted by Gasteiger charge is 2.73. The summed E-state index contributed by atoms with van der Waals surface area (Å²) in [4.78, 5) is 35.9. The first kappa shape index (κ1) is 19.8. The maximum Gasteiger partial charge on any atom is 0.335 e. The molecule has 1 aliphatic carbocycles. The van der Waals surface area contributed by atoms with Gasteiger partial charge in [-0.05, 0) is 31.8 Å². The molecule has 0 aromatic heterocycles. The van der Waals surface area contributed by atoms with Gasteiger partial charge >= 0.3 is 17.9 Å². The Kier molecular flexibility index (Phi) is 4.84. The van der Waals surface area contributed by atoms with Crippen molar-refractivity contribution in [3.63, 3.8) is 0 Å². The monoisotopic (exact) mass is 382 g/mol. The van der Waals surface area contributed by atoms with E-state index < -0.39 is 53.3 Å². The molecule has 1 N–H and O–H groups in total. The zero-order chi connectivity index (χ0) is 20.1. The summed E-state index contributed by atoms with van der Waals surface area (Å²) >= 11 is 0. The lowest BCUT2D eigenvalue weighted by atomic mass is 9.56. The molecule has 0 aromatic rings. The molecule has 0 radical (unpaired) electrons. The average Bonchev–Trinajstić information content (AvgIpc) is 2.79. The fourth-order valence-electron chi connectivity index (χ4n) is 4.94. The Balaban J connectivity index is 2.17. The molecule has 0 bridgehead atoms. The summed E-state index contributed by atoms with van der Waals surface area (Å²) in [7, 11) is 0. The highest BCUT2D eigenvalue weighted by molar-refractivity contribution is 5.77. The standard InChI is InChI=1S/C19H26O8/c1-9-6-7-19(16(26-12(4)21)14(9)25-11(3)20)13-10(2)8-24-17(22)15(13)27-18(19,5)23/h6,10,13-16,23H,7-8H2,1-5H3/t10-,13+,14+,15+,16-,18-,19+/m1/s1. The van der Waals surface area contributed by atoms with Gasteiger partial charge in [0.05, 0.1) is 12.0 Å². The zero-order valence-electron chi connectivity index (χ0n) is 16.2. The molecule has 0 amide bonds. The minimum absolute atomic E-state index is 0.149. The van der Waals surface area contributed by atoms with Gasteiger partial charge in [-0.2, -0.15) is 0 Å². The maximum absolute atomic E-state index is 12.3. The predicted molar refractivity (Wildman–Crippen MR) is 91.0 cm³/mol. The van der Waals surface area contributed by atoms with Gasteiger partial charge in [-0.1, -0.05) is 13.0 Å². The van der Waals surface area contributed by atoms with Gasteiger partial charge in [0.2, 0.25) is 0 Å². The molecule has 0 saturated carbocycles. The molecule has 0 aromatic carbocycles. The van der Waals surface area contributed by atoms with Crippen LogP contribution in [0.25, 0.3) is 0 Å². The van der Waals surface area contributed by atoms with Gasteiger partial charge in [0.15, 0.2) is 24.1 Å². The molecular formula is C19H26O8. The number of aliphatic hydroxyl groups is 1. The van der Waals surface area contributed by atoms with Crippen molar-refractivity contribution in [1.29, 1.82) is 0 Å². The molecule has 1 spiro atoms. The third-order valence-corrected chi connectivity index (χ3v) is 6.05. The number of cyclic esters (lactones) is 1. The van der Waals surface area contributed by atoms with E-state index in [-0.39, 0.29) is 12.5 Å². The molecule has 150 valence electrons. The Morgan fingerprint density at radius 2 is 1.89 bits per heavy atom. The first-order valence-electron chi connectivity index (χ1n) is 9.09. The van der Waals surface area contributed by atoms with Crippen LogP contribution in [0, 0.1) is 17.3 Å². The van der Waals surface area contributed by atoms with Gasteiger partial charge in [-0.25, -0.2) is 4.79 Å². The van der Waals surface area contributed by atoms with E-state index >= 15 is 0 Å². The summed E-state index contributed by atoms with van der Waals surface area (Å²) in [5.74, 6) is -4.07. The number of allylic oxidation sites excluding steroid dienone is 1. The van der Waals surface area contributed by atoms with Crippen LogP contribution in [0.5, 0.6) is 0 Å². The summed E-state index contributed by atoms with van der Waals surface area (Å²) < 4.78 is 22.0. The van der Waals surface area contributed by atoms with Gasteiger partial charge in [-0.3, -0.25) is 9.59 Å². The molecule has 2 aliphatic heterocycles. The third-order valence-electron chi connectivity index (χ3n) is 6.05.